The second-order valence-electron chi connectivity index (χ2n) is 18.9. The van der Waals surface area contributed by atoms with Crippen LogP contribution in [0.1, 0.15) is 290 Å². The molecular formula is C57H107NO5. The first-order valence-electron chi connectivity index (χ1n) is 27.7. The molecule has 0 aromatic carbocycles. The summed E-state index contributed by atoms with van der Waals surface area (Å²) in [4.78, 5) is 24.5. The zero-order valence-electron chi connectivity index (χ0n) is 42.1. The molecule has 0 aliphatic rings. The lowest BCUT2D eigenvalue weighted by Crippen LogP contribution is -2.45. The molecule has 6 nitrogen and oxygen atoms in total. The van der Waals surface area contributed by atoms with Crippen LogP contribution in [0.5, 0.6) is 0 Å². The molecule has 370 valence electrons. The average molecular weight is 886 g/mol. The third-order valence-corrected chi connectivity index (χ3v) is 12.7. The van der Waals surface area contributed by atoms with Crippen molar-refractivity contribution in [3.8, 4) is 0 Å². The van der Waals surface area contributed by atoms with E-state index >= 15 is 0 Å². The second kappa shape index (κ2) is 52.7. The lowest BCUT2D eigenvalue weighted by molar-refractivity contribution is -0.143. The highest BCUT2D eigenvalue weighted by Crippen LogP contribution is 2.16. The molecule has 0 rings (SSSR count). The minimum Gasteiger partial charge on any atom is -0.466 e. The summed E-state index contributed by atoms with van der Waals surface area (Å²) in [5.41, 5.74) is 0. The second-order valence-corrected chi connectivity index (χ2v) is 18.9. The van der Waals surface area contributed by atoms with Crippen molar-refractivity contribution in [3.63, 3.8) is 0 Å². The average Bonchev–Trinajstić information content (AvgIpc) is 3.28. The minimum atomic E-state index is -0.672. The third kappa shape index (κ3) is 49.4. The number of ether oxygens (including phenoxy) is 1. The maximum absolute atomic E-state index is 12.4. The molecule has 0 spiro atoms. The Labute approximate surface area is 392 Å². The smallest absolute Gasteiger partial charge is 0.305 e. The number of aliphatic hydroxyl groups is 2. The molecule has 0 saturated carbocycles. The van der Waals surface area contributed by atoms with Gasteiger partial charge in [0.2, 0.25) is 5.91 Å². The molecule has 0 aromatic heterocycles. The molecule has 0 saturated heterocycles. The molecule has 0 fully saturated rings. The number of unbranched alkanes of at least 4 members (excludes halogenated alkanes) is 34. The molecule has 63 heavy (non-hydrogen) atoms. The SMILES string of the molecule is CCCCC/C=C\C/C=C\CCCCCCCCCC(=O)OCCCCCCCCCCC/C=C\CCCCCCCC(=O)NC(CO)C(O)CCCCCCCCCCCCC. The highest BCUT2D eigenvalue weighted by molar-refractivity contribution is 5.76. The molecule has 0 bridgehead atoms. The number of rotatable bonds is 51. The minimum absolute atomic E-state index is 0.00521. The van der Waals surface area contributed by atoms with Crippen LogP contribution >= 0.6 is 0 Å². The monoisotopic (exact) mass is 886 g/mol. The van der Waals surface area contributed by atoms with Gasteiger partial charge in [-0.1, -0.05) is 230 Å². The zero-order valence-corrected chi connectivity index (χ0v) is 42.1. The molecule has 0 aliphatic heterocycles. The van der Waals surface area contributed by atoms with Crippen molar-refractivity contribution in [3.05, 3.63) is 36.5 Å². The standard InChI is InChI=1S/C57H107NO5/c1-3-5-7-9-11-13-15-16-17-20-24-27-31-35-39-43-47-51-57(62)63-52-48-44-40-36-32-28-25-22-19-18-21-23-26-30-34-38-42-46-50-56(61)58-54(53-59)55(60)49-45-41-37-33-29-14-12-10-8-6-4-2/h11,13,16-17,21,23,54-55,59-60H,3-10,12,14-15,18-20,22,24-53H2,1-2H3,(H,58,61)/b13-11-,17-16-,23-21-. The van der Waals surface area contributed by atoms with E-state index in [0.717, 1.165) is 64.2 Å². The van der Waals surface area contributed by atoms with Crippen LogP contribution in [0.2, 0.25) is 0 Å². The number of hydrogen-bond donors (Lipinski definition) is 3. The van der Waals surface area contributed by atoms with E-state index in [4.69, 9.17) is 4.74 Å². The first-order valence-corrected chi connectivity index (χ1v) is 27.7. The molecular weight excluding hydrogens is 779 g/mol. The molecule has 0 radical (unpaired) electrons. The van der Waals surface area contributed by atoms with Crippen LogP contribution in [0.15, 0.2) is 36.5 Å². The maximum Gasteiger partial charge on any atom is 0.305 e. The van der Waals surface area contributed by atoms with Crippen LogP contribution < -0.4 is 5.32 Å². The summed E-state index contributed by atoms with van der Waals surface area (Å²) in [6, 6.07) is -0.551. The Morgan fingerprint density at radius 3 is 1.25 bits per heavy atom. The van der Waals surface area contributed by atoms with Crippen LogP contribution in [-0.2, 0) is 14.3 Å². The van der Waals surface area contributed by atoms with Crippen molar-refractivity contribution in [2.45, 2.75) is 302 Å². The van der Waals surface area contributed by atoms with Gasteiger partial charge in [0.25, 0.3) is 0 Å². The van der Waals surface area contributed by atoms with Gasteiger partial charge in [-0.2, -0.15) is 0 Å². The fourth-order valence-corrected chi connectivity index (χ4v) is 8.37. The van der Waals surface area contributed by atoms with Crippen molar-refractivity contribution >= 4 is 11.9 Å². The van der Waals surface area contributed by atoms with Crippen LogP contribution in [-0.4, -0.2) is 47.4 Å². The van der Waals surface area contributed by atoms with Crippen molar-refractivity contribution in [1.82, 2.24) is 5.32 Å². The fraction of sp³-hybridized carbons (Fsp3) is 0.860. The van der Waals surface area contributed by atoms with E-state index in [1.54, 1.807) is 0 Å². The Morgan fingerprint density at radius 2 is 0.794 bits per heavy atom. The lowest BCUT2D eigenvalue weighted by Gasteiger charge is -2.22. The van der Waals surface area contributed by atoms with E-state index < -0.39 is 12.1 Å². The number of amides is 1. The van der Waals surface area contributed by atoms with Crippen molar-refractivity contribution in [2.24, 2.45) is 0 Å². The summed E-state index contributed by atoms with van der Waals surface area (Å²) in [6.45, 7) is 4.90. The summed E-state index contributed by atoms with van der Waals surface area (Å²) >= 11 is 0. The van der Waals surface area contributed by atoms with E-state index in [9.17, 15) is 19.8 Å². The van der Waals surface area contributed by atoms with Gasteiger partial charge in [-0.25, -0.2) is 0 Å². The van der Waals surface area contributed by atoms with Crippen molar-refractivity contribution in [1.29, 1.82) is 0 Å². The quantitative estimate of drug-likeness (QED) is 0.0321. The normalized spacial score (nSPS) is 12.9. The lowest BCUT2D eigenvalue weighted by atomic mass is 10.0. The summed E-state index contributed by atoms with van der Waals surface area (Å²) in [5, 5.41) is 23.1. The fourth-order valence-electron chi connectivity index (χ4n) is 8.37. The Balaban J connectivity index is 3.43. The number of allylic oxidation sites excluding steroid dienone is 6. The van der Waals surface area contributed by atoms with Gasteiger partial charge in [-0.05, 0) is 83.5 Å². The van der Waals surface area contributed by atoms with Gasteiger partial charge in [0.15, 0.2) is 0 Å². The zero-order chi connectivity index (χ0) is 45.8. The first-order chi connectivity index (χ1) is 31.0. The molecule has 2 atom stereocenters. The molecule has 0 aliphatic carbocycles. The van der Waals surface area contributed by atoms with Gasteiger partial charge in [0.05, 0.1) is 25.4 Å². The highest BCUT2D eigenvalue weighted by Gasteiger charge is 2.20. The van der Waals surface area contributed by atoms with Gasteiger partial charge >= 0.3 is 5.97 Å². The van der Waals surface area contributed by atoms with Gasteiger partial charge in [-0.3, -0.25) is 9.59 Å². The van der Waals surface area contributed by atoms with E-state index in [1.165, 1.54) is 193 Å². The highest BCUT2D eigenvalue weighted by atomic mass is 16.5. The molecule has 0 heterocycles. The number of aliphatic hydroxyl groups excluding tert-OH is 2. The summed E-state index contributed by atoms with van der Waals surface area (Å²) in [6.07, 6.45) is 64.1. The van der Waals surface area contributed by atoms with Gasteiger partial charge in [0, 0.05) is 12.8 Å². The molecule has 3 N–H and O–H groups in total. The van der Waals surface area contributed by atoms with Gasteiger partial charge in [-0.15, -0.1) is 0 Å². The molecule has 0 aromatic rings. The number of hydrogen-bond acceptors (Lipinski definition) is 5. The summed E-state index contributed by atoms with van der Waals surface area (Å²) in [5.74, 6) is -0.0562. The maximum atomic E-state index is 12.4. The Bertz CT molecular complexity index is 1020. The number of carbonyl (C=O) groups excluding carboxylic acids is 2. The van der Waals surface area contributed by atoms with E-state index in [2.05, 4.69) is 55.6 Å². The summed E-state index contributed by atoms with van der Waals surface area (Å²) in [7, 11) is 0. The topological polar surface area (TPSA) is 95.9 Å². The van der Waals surface area contributed by atoms with Crippen LogP contribution in [0, 0.1) is 0 Å². The Kier molecular flexibility index (Phi) is 51.1. The number of carbonyl (C=O) groups is 2. The van der Waals surface area contributed by atoms with Gasteiger partial charge in [0.1, 0.15) is 0 Å². The van der Waals surface area contributed by atoms with E-state index in [1.807, 2.05) is 0 Å². The molecule has 2 unspecified atom stereocenters. The van der Waals surface area contributed by atoms with Crippen LogP contribution in [0.4, 0.5) is 0 Å². The number of esters is 1. The predicted molar refractivity (Wildman–Crippen MR) is 273 cm³/mol. The van der Waals surface area contributed by atoms with Gasteiger partial charge < -0.3 is 20.3 Å². The molecule has 6 heteroatoms. The van der Waals surface area contributed by atoms with Crippen LogP contribution in [0.3, 0.4) is 0 Å². The molecule has 1 amide bonds. The van der Waals surface area contributed by atoms with E-state index in [0.29, 0.717) is 25.9 Å². The third-order valence-electron chi connectivity index (χ3n) is 12.7. The Morgan fingerprint density at radius 1 is 0.444 bits per heavy atom. The largest absolute Gasteiger partial charge is 0.466 e. The number of nitrogens with one attached hydrogen (secondary N) is 1. The first kappa shape index (κ1) is 61.1. The van der Waals surface area contributed by atoms with Crippen LogP contribution in [0.25, 0.3) is 0 Å². The van der Waals surface area contributed by atoms with Crippen molar-refractivity contribution < 1.29 is 24.5 Å². The van der Waals surface area contributed by atoms with Crippen molar-refractivity contribution in [2.75, 3.05) is 13.2 Å². The summed E-state index contributed by atoms with van der Waals surface area (Å²) < 4.78 is 5.47. The predicted octanol–water partition coefficient (Wildman–Crippen LogP) is 16.9. The Hall–Kier alpha value is -1.92. The van der Waals surface area contributed by atoms with E-state index in [-0.39, 0.29) is 18.5 Å².